The van der Waals surface area contributed by atoms with Crippen molar-refractivity contribution >= 4 is 37.8 Å². The third-order valence-electron chi connectivity index (χ3n) is 1.98. The maximum absolute atomic E-state index is 10.8. The molecule has 0 amide bonds. The number of hydrogen-bond acceptors (Lipinski definition) is 1. The van der Waals surface area contributed by atoms with Crippen LogP contribution in [-0.2, 0) is 11.1 Å². The second-order valence-corrected chi connectivity index (χ2v) is 4.79. The number of benzene rings is 2. The summed E-state index contributed by atoms with van der Waals surface area (Å²) in [6.07, 6.45) is 0. The molecule has 0 spiro atoms. The van der Waals surface area contributed by atoms with Gasteiger partial charge >= 0.3 is 0 Å². The van der Waals surface area contributed by atoms with Gasteiger partial charge in [0.05, 0.1) is 4.90 Å². The molecule has 2 aromatic carbocycles. The first-order valence-electron chi connectivity index (χ1n) is 3.97. The van der Waals surface area contributed by atoms with Gasteiger partial charge in [0, 0.05) is 4.47 Å². The summed E-state index contributed by atoms with van der Waals surface area (Å²) in [7, 11) is 0. The minimum Gasteiger partial charge on any atom is -0.302 e. The second-order valence-electron chi connectivity index (χ2n) is 2.90. The van der Waals surface area contributed by atoms with Gasteiger partial charge in [-0.1, -0.05) is 28.1 Å². The summed E-state index contributed by atoms with van der Waals surface area (Å²) in [5.41, 5.74) is 0. The third kappa shape index (κ3) is 1.87. The highest BCUT2D eigenvalue weighted by Gasteiger charge is 2.01. The molecule has 1 atom stereocenters. The lowest BCUT2D eigenvalue weighted by Gasteiger charge is -2.00. The van der Waals surface area contributed by atoms with Crippen LogP contribution in [0.1, 0.15) is 0 Å². The van der Waals surface area contributed by atoms with E-state index in [9.17, 15) is 4.21 Å². The molecule has 1 unspecified atom stereocenters. The van der Waals surface area contributed by atoms with Crippen LogP contribution in [0.15, 0.2) is 45.8 Å². The largest absolute Gasteiger partial charge is 0.302 e. The molecule has 4 heteroatoms. The highest BCUT2D eigenvalue weighted by atomic mass is 79.9. The topological polar surface area (TPSA) is 37.3 Å². The quantitative estimate of drug-likeness (QED) is 0.809. The van der Waals surface area contributed by atoms with Gasteiger partial charge in [-0.15, -0.1) is 0 Å². The normalized spacial score (nSPS) is 13.0. The Balaban J connectivity index is 2.67. The SMILES string of the molecule is O=S(O)c1ccc2cc(Br)ccc2c1. The molecule has 0 aliphatic heterocycles. The van der Waals surface area contributed by atoms with E-state index in [1.165, 1.54) is 0 Å². The fraction of sp³-hybridized carbons (Fsp3) is 0. The van der Waals surface area contributed by atoms with E-state index < -0.39 is 11.1 Å². The van der Waals surface area contributed by atoms with E-state index in [1.807, 2.05) is 24.3 Å². The summed E-state index contributed by atoms with van der Waals surface area (Å²) in [4.78, 5) is 0.430. The van der Waals surface area contributed by atoms with E-state index in [0.717, 1.165) is 15.2 Å². The molecule has 0 bridgehead atoms. The van der Waals surface area contributed by atoms with Crippen LogP contribution in [0.25, 0.3) is 10.8 Å². The first kappa shape index (κ1) is 9.83. The summed E-state index contributed by atoms with van der Waals surface area (Å²) in [6.45, 7) is 0. The average Bonchev–Trinajstić information content (AvgIpc) is 2.16. The van der Waals surface area contributed by atoms with E-state index >= 15 is 0 Å². The summed E-state index contributed by atoms with van der Waals surface area (Å²) >= 11 is 1.47. The van der Waals surface area contributed by atoms with Gasteiger partial charge in [-0.25, -0.2) is 4.21 Å². The zero-order valence-corrected chi connectivity index (χ0v) is 9.51. The van der Waals surface area contributed by atoms with Gasteiger partial charge in [0.25, 0.3) is 0 Å². The van der Waals surface area contributed by atoms with Crippen molar-refractivity contribution in [2.45, 2.75) is 4.90 Å². The lowest BCUT2D eigenvalue weighted by atomic mass is 10.1. The van der Waals surface area contributed by atoms with Crippen molar-refractivity contribution in [1.29, 1.82) is 0 Å². The van der Waals surface area contributed by atoms with E-state index in [4.69, 9.17) is 4.55 Å². The minimum atomic E-state index is -1.90. The van der Waals surface area contributed by atoms with E-state index in [0.29, 0.717) is 4.90 Å². The zero-order chi connectivity index (χ0) is 10.1. The molecule has 2 aromatic rings. The standard InChI is InChI=1S/C10H7BrO2S/c11-9-3-1-8-6-10(14(12)13)4-2-7(8)5-9/h1-6H,(H,12,13). The molecule has 0 fully saturated rings. The predicted octanol–water partition coefficient (Wildman–Crippen LogP) is 3.18. The predicted molar refractivity (Wildman–Crippen MR) is 60.7 cm³/mol. The third-order valence-corrected chi connectivity index (χ3v) is 3.13. The molecule has 0 aliphatic carbocycles. The molecule has 2 rings (SSSR count). The summed E-state index contributed by atoms with van der Waals surface area (Å²) in [6, 6.07) is 11.0. The lowest BCUT2D eigenvalue weighted by molar-refractivity contribution is 0.564. The molecule has 0 saturated carbocycles. The maximum atomic E-state index is 10.8. The van der Waals surface area contributed by atoms with Crippen LogP contribution in [0.5, 0.6) is 0 Å². The number of hydrogen-bond donors (Lipinski definition) is 1. The van der Waals surface area contributed by atoms with Gasteiger partial charge in [0.15, 0.2) is 11.1 Å². The van der Waals surface area contributed by atoms with Gasteiger partial charge in [0.2, 0.25) is 0 Å². The molecule has 0 aromatic heterocycles. The Kier molecular flexibility index (Phi) is 2.67. The van der Waals surface area contributed by atoms with Crippen molar-refractivity contribution in [2.75, 3.05) is 0 Å². The Labute approximate surface area is 92.4 Å². The minimum absolute atomic E-state index is 0.430. The molecule has 0 aliphatic rings. The Bertz CT molecular complexity index is 510. The molecule has 2 nitrogen and oxygen atoms in total. The highest BCUT2D eigenvalue weighted by Crippen LogP contribution is 2.21. The first-order valence-corrected chi connectivity index (χ1v) is 5.87. The van der Waals surface area contributed by atoms with E-state index in [2.05, 4.69) is 15.9 Å². The van der Waals surface area contributed by atoms with Crippen molar-refractivity contribution < 1.29 is 8.76 Å². The number of fused-ring (bicyclic) bond motifs is 1. The summed E-state index contributed by atoms with van der Waals surface area (Å²) in [5.74, 6) is 0. The van der Waals surface area contributed by atoms with Crippen molar-refractivity contribution in [3.8, 4) is 0 Å². The summed E-state index contributed by atoms with van der Waals surface area (Å²) in [5, 5.41) is 2.02. The van der Waals surface area contributed by atoms with Crippen molar-refractivity contribution in [2.24, 2.45) is 0 Å². The maximum Gasteiger partial charge on any atom is 0.186 e. The number of halogens is 1. The fourth-order valence-electron chi connectivity index (χ4n) is 1.30. The molecule has 72 valence electrons. The Morgan fingerprint density at radius 2 is 1.71 bits per heavy atom. The lowest BCUT2D eigenvalue weighted by Crippen LogP contribution is -1.87. The Hall–Kier alpha value is -0.710. The smallest absolute Gasteiger partial charge is 0.186 e. The van der Waals surface area contributed by atoms with Crippen LogP contribution in [0, 0.1) is 0 Å². The molecular weight excluding hydrogens is 264 g/mol. The first-order chi connectivity index (χ1) is 6.66. The summed E-state index contributed by atoms with van der Waals surface area (Å²) < 4.78 is 20.7. The molecule has 14 heavy (non-hydrogen) atoms. The van der Waals surface area contributed by atoms with Gasteiger partial charge in [-0.2, -0.15) is 0 Å². The molecule has 0 radical (unpaired) electrons. The zero-order valence-electron chi connectivity index (χ0n) is 7.11. The van der Waals surface area contributed by atoms with Crippen LogP contribution in [0.2, 0.25) is 0 Å². The van der Waals surface area contributed by atoms with Crippen LogP contribution >= 0.6 is 15.9 Å². The van der Waals surface area contributed by atoms with Crippen LogP contribution in [0.3, 0.4) is 0 Å². The monoisotopic (exact) mass is 270 g/mol. The Morgan fingerprint density at radius 3 is 2.43 bits per heavy atom. The average molecular weight is 271 g/mol. The van der Waals surface area contributed by atoms with Gasteiger partial charge in [0.1, 0.15) is 0 Å². The van der Waals surface area contributed by atoms with E-state index in [-0.39, 0.29) is 0 Å². The molecule has 0 heterocycles. The highest BCUT2D eigenvalue weighted by molar-refractivity contribution is 9.10. The molecule has 0 saturated heterocycles. The van der Waals surface area contributed by atoms with Crippen molar-refractivity contribution in [3.05, 3.63) is 40.9 Å². The van der Waals surface area contributed by atoms with Crippen LogP contribution in [-0.4, -0.2) is 8.76 Å². The fourth-order valence-corrected chi connectivity index (χ4v) is 2.09. The van der Waals surface area contributed by atoms with Crippen molar-refractivity contribution in [3.63, 3.8) is 0 Å². The molecule has 1 N–H and O–H groups in total. The van der Waals surface area contributed by atoms with Crippen LogP contribution in [0.4, 0.5) is 0 Å². The number of rotatable bonds is 1. The van der Waals surface area contributed by atoms with E-state index in [1.54, 1.807) is 12.1 Å². The second kappa shape index (κ2) is 3.81. The van der Waals surface area contributed by atoms with Gasteiger partial charge < -0.3 is 4.55 Å². The van der Waals surface area contributed by atoms with Crippen molar-refractivity contribution in [1.82, 2.24) is 0 Å². The van der Waals surface area contributed by atoms with Crippen LogP contribution < -0.4 is 0 Å². The molecular formula is C10H7BrO2S. The Morgan fingerprint density at radius 1 is 1.07 bits per heavy atom. The van der Waals surface area contributed by atoms with Gasteiger partial charge in [-0.05, 0) is 35.0 Å². The van der Waals surface area contributed by atoms with Gasteiger partial charge in [-0.3, -0.25) is 0 Å².